The number of rotatable bonds is 6. The molecule has 0 amide bonds. The second kappa shape index (κ2) is 11.1. The van der Waals surface area contributed by atoms with Gasteiger partial charge in [0, 0.05) is 35.6 Å². The molecule has 0 saturated carbocycles. The van der Waals surface area contributed by atoms with Gasteiger partial charge in [-0.05, 0) is 62.5 Å². The fourth-order valence-electron chi connectivity index (χ4n) is 5.36. The van der Waals surface area contributed by atoms with Gasteiger partial charge in [0.25, 0.3) is 0 Å². The summed E-state index contributed by atoms with van der Waals surface area (Å²) in [4.78, 5) is 17.2. The predicted octanol–water partition coefficient (Wildman–Crippen LogP) is 6.56. The molecule has 1 saturated heterocycles. The molecule has 2 aliphatic heterocycles. The summed E-state index contributed by atoms with van der Waals surface area (Å²) in [6, 6.07) is 26.2. The van der Waals surface area contributed by atoms with Crippen molar-refractivity contribution in [2.24, 2.45) is 5.92 Å². The highest BCUT2D eigenvalue weighted by Gasteiger charge is 2.27. The zero-order valence-electron chi connectivity index (χ0n) is 19.8. The summed E-state index contributed by atoms with van der Waals surface area (Å²) in [5.41, 5.74) is 7.66. The lowest BCUT2D eigenvalue weighted by Gasteiger charge is -2.33. The first-order valence-electron chi connectivity index (χ1n) is 12.2. The number of hydrogen-bond acceptors (Lipinski definition) is 4. The van der Waals surface area contributed by atoms with Crippen LogP contribution in [0.25, 0.3) is 22.3 Å². The maximum atomic E-state index is 12.2. The van der Waals surface area contributed by atoms with Crippen molar-refractivity contribution in [1.82, 2.24) is 4.90 Å². The molecule has 0 bridgehead atoms. The molecule has 0 N–H and O–H groups in total. The zero-order valence-corrected chi connectivity index (χ0v) is 20.6. The minimum atomic E-state index is -0.0321. The van der Waals surface area contributed by atoms with E-state index in [0.717, 1.165) is 45.4 Å². The van der Waals surface area contributed by atoms with Crippen LogP contribution in [0.1, 0.15) is 26.2 Å². The summed E-state index contributed by atoms with van der Waals surface area (Å²) < 4.78 is 5.28. The first kappa shape index (κ1) is 24.3. The molecule has 0 radical (unpaired) electrons. The summed E-state index contributed by atoms with van der Waals surface area (Å²) in [6.45, 7) is 6.15. The van der Waals surface area contributed by atoms with Crippen molar-refractivity contribution in [3.63, 3.8) is 0 Å². The van der Waals surface area contributed by atoms with E-state index in [1.165, 1.54) is 33.6 Å². The van der Waals surface area contributed by atoms with E-state index in [2.05, 4.69) is 82.6 Å². The summed E-state index contributed by atoms with van der Waals surface area (Å²) >= 11 is 0. The van der Waals surface area contributed by atoms with Gasteiger partial charge in [0.1, 0.15) is 0 Å². The Morgan fingerprint density at radius 1 is 0.853 bits per heavy atom. The third-order valence-electron chi connectivity index (χ3n) is 6.88. The van der Waals surface area contributed by atoms with Gasteiger partial charge in [-0.2, -0.15) is 0 Å². The van der Waals surface area contributed by atoms with Crippen molar-refractivity contribution in [2.75, 3.05) is 37.7 Å². The zero-order chi connectivity index (χ0) is 22.6. The highest BCUT2D eigenvalue weighted by atomic mass is 35.5. The number of nitrogens with zero attached hydrogens (tertiary/aromatic N) is 2. The Morgan fingerprint density at radius 3 is 2.00 bits per heavy atom. The molecule has 5 heteroatoms. The van der Waals surface area contributed by atoms with Gasteiger partial charge in [-0.1, -0.05) is 60.7 Å². The number of ether oxygens (including phenoxy) is 1. The quantitative estimate of drug-likeness (QED) is 0.377. The fourth-order valence-corrected chi connectivity index (χ4v) is 5.36. The van der Waals surface area contributed by atoms with Crippen LogP contribution in [0.15, 0.2) is 72.8 Å². The largest absolute Gasteiger partial charge is 0.466 e. The van der Waals surface area contributed by atoms with Gasteiger partial charge >= 0.3 is 5.97 Å². The van der Waals surface area contributed by atoms with Crippen LogP contribution in [0.5, 0.6) is 0 Å². The molecule has 0 aromatic heterocycles. The Bertz CT molecular complexity index is 1070. The highest BCUT2D eigenvalue weighted by Crippen LogP contribution is 2.47. The molecule has 178 valence electrons. The van der Waals surface area contributed by atoms with Crippen LogP contribution in [-0.2, 0) is 9.53 Å². The van der Waals surface area contributed by atoms with E-state index in [0.29, 0.717) is 6.61 Å². The number of para-hydroxylation sites is 2. The minimum Gasteiger partial charge on any atom is -0.466 e. The van der Waals surface area contributed by atoms with E-state index in [-0.39, 0.29) is 24.3 Å². The average molecular weight is 477 g/mol. The third kappa shape index (κ3) is 4.84. The maximum Gasteiger partial charge on any atom is 0.310 e. The Kier molecular flexibility index (Phi) is 7.91. The predicted molar refractivity (Wildman–Crippen MR) is 142 cm³/mol. The molecule has 2 aliphatic rings. The SMILES string of the molecule is CCOC(=O)[C@@H]1CCCN(CCCN2c3ccccc3-c3ccccc3-c3ccccc32)C1.Cl. The maximum absolute atomic E-state index is 12.2. The molecule has 0 unspecified atom stereocenters. The van der Waals surface area contributed by atoms with E-state index in [1.807, 2.05) is 6.92 Å². The number of likely N-dealkylation sites (tertiary alicyclic amines) is 1. The lowest BCUT2D eigenvalue weighted by Crippen LogP contribution is -2.40. The Balaban J connectivity index is 0.00000274. The molecule has 2 heterocycles. The topological polar surface area (TPSA) is 32.8 Å². The van der Waals surface area contributed by atoms with Crippen molar-refractivity contribution in [1.29, 1.82) is 0 Å². The molecule has 1 fully saturated rings. The van der Waals surface area contributed by atoms with Crippen molar-refractivity contribution in [3.8, 4) is 22.3 Å². The van der Waals surface area contributed by atoms with Crippen molar-refractivity contribution in [2.45, 2.75) is 26.2 Å². The molecule has 0 spiro atoms. The van der Waals surface area contributed by atoms with Crippen molar-refractivity contribution >= 4 is 29.8 Å². The van der Waals surface area contributed by atoms with Crippen molar-refractivity contribution < 1.29 is 9.53 Å². The van der Waals surface area contributed by atoms with E-state index < -0.39 is 0 Å². The van der Waals surface area contributed by atoms with Crippen LogP contribution in [0.4, 0.5) is 11.4 Å². The number of piperidine rings is 1. The first-order chi connectivity index (χ1) is 16.3. The molecule has 0 aliphatic carbocycles. The van der Waals surface area contributed by atoms with E-state index >= 15 is 0 Å². The Labute approximate surface area is 208 Å². The van der Waals surface area contributed by atoms with Gasteiger partial charge < -0.3 is 14.5 Å². The van der Waals surface area contributed by atoms with Gasteiger partial charge in [0.2, 0.25) is 0 Å². The van der Waals surface area contributed by atoms with Gasteiger partial charge in [-0.15, -0.1) is 12.4 Å². The smallest absolute Gasteiger partial charge is 0.310 e. The van der Waals surface area contributed by atoms with Crippen LogP contribution >= 0.6 is 12.4 Å². The van der Waals surface area contributed by atoms with Gasteiger partial charge in [0.05, 0.1) is 12.5 Å². The van der Waals surface area contributed by atoms with E-state index in [1.54, 1.807) is 0 Å². The molecule has 5 rings (SSSR count). The first-order valence-corrected chi connectivity index (χ1v) is 12.2. The number of anilines is 2. The van der Waals surface area contributed by atoms with Crippen molar-refractivity contribution in [3.05, 3.63) is 72.8 Å². The molecular formula is C29H33ClN2O2. The number of fused-ring (bicyclic) bond motifs is 5. The number of carbonyl (C=O) groups excluding carboxylic acids is 1. The van der Waals surface area contributed by atoms with Crippen LogP contribution < -0.4 is 4.90 Å². The van der Waals surface area contributed by atoms with E-state index in [9.17, 15) is 4.79 Å². The average Bonchev–Trinajstić information content (AvgIpc) is 2.98. The van der Waals surface area contributed by atoms with Crippen LogP contribution in [0, 0.1) is 5.92 Å². The summed E-state index contributed by atoms with van der Waals surface area (Å²) in [5.74, 6) is -0.0109. The third-order valence-corrected chi connectivity index (χ3v) is 6.88. The standard InChI is InChI=1S/C29H32N2O2.ClH/c1-2-33-29(32)22-11-9-18-30(21-22)19-10-20-31-27-16-7-5-14-25(27)23-12-3-4-13-24(23)26-15-6-8-17-28(26)31;/h3-8,12-17,22H,2,9-11,18-21H2,1H3;1H/t22-;/m1./s1. The Morgan fingerprint density at radius 2 is 1.41 bits per heavy atom. The summed E-state index contributed by atoms with van der Waals surface area (Å²) in [5, 5.41) is 0. The summed E-state index contributed by atoms with van der Waals surface area (Å²) in [6.07, 6.45) is 3.04. The number of esters is 1. The van der Waals surface area contributed by atoms with E-state index in [4.69, 9.17) is 4.74 Å². The minimum absolute atomic E-state index is 0. The molecular weight excluding hydrogens is 444 g/mol. The van der Waals surface area contributed by atoms with Gasteiger partial charge in [-0.25, -0.2) is 0 Å². The highest BCUT2D eigenvalue weighted by molar-refractivity contribution is 5.99. The molecule has 3 aromatic rings. The van der Waals surface area contributed by atoms with Crippen LogP contribution in [0.2, 0.25) is 0 Å². The monoisotopic (exact) mass is 476 g/mol. The molecule has 4 nitrogen and oxygen atoms in total. The lowest BCUT2D eigenvalue weighted by molar-refractivity contribution is -0.149. The number of hydrogen-bond donors (Lipinski definition) is 0. The molecule has 34 heavy (non-hydrogen) atoms. The second-order valence-corrected chi connectivity index (χ2v) is 8.98. The lowest BCUT2D eigenvalue weighted by atomic mass is 9.95. The van der Waals surface area contributed by atoms with Crippen LogP contribution in [-0.4, -0.2) is 43.7 Å². The van der Waals surface area contributed by atoms with Gasteiger partial charge in [0.15, 0.2) is 0 Å². The number of carbonyl (C=O) groups is 1. The normalized spacial score (nSPS) is 17.0. The fraction of sp³-hybridized carbons (Fsp3) is 0.345. The van der Waals surface area contributed by atoms with Gasteiger partial charge in [-0.3, -0.25) is 4.79 Å². The van der Waals surface area contributed by atoms with Crippen LogP contribution in [0.3, 0.4) is 0 Å². The Hall–Kier alpha value is -2.82. The molecule has 1 atom stereocenters. The molecule has 3 aromatic carbocycles. The summed E-state index contributed by atoms with van der Waals surface area (Å²) in [7, 11) is 0. The number of halogens is 1. The number of benzene rings is 3. The second-order valence-electron chi connectivity index (χ2n) is 8.98.